The van der Waals surface area contributed by atoms with Crippen LogP contribution in [0.25, 0.3) is 0 Å². The van der Waals surface area contributed by atoms with Crippen LogP contribution >= 0.6 is 11.3 Å². The summed E-state index contributed by atoms with van der Waals surface area (Å²) in [6.07, 6.45) is -0.396. The maximum Gasteiger partial charge on any atom is 0.253 e. The van der Waals surface area contributed by atoms with Gasteiger partial charge in [-0.1, -0.05) is 42.5 Å². The second kappa shape index (κ2) is 9.81. The van der Waals surface area contributed by atoms with Crippen LogP contribution in [0, 0.1) is 0 Å². The predicted octanol–water partition coefficient (Wildman–Crippen LogP) is 2.30. The molecule has 0 fully saturated rings. The number of aliphatic hydroxyl groups is 1. The van der Waals surface area contributed by atoms with Crippen molar-refractivity contribution in [3.8, 4) is 0 Å². The van der Waals surface area contributed by atoms with Crippen molar-refractivity contribution in [1.82, 2.24) is 10.3 Å². The molecule has 0 bridgehead atoms. The molecular formula is C21H22N4O3S. The summed E-state index contributed by atoms with van der Waals surface area (Å²) >= 11 is 1.31. The lowest BCUT2D eigenvalue weighted by molar-refractivity contribution is -0.129. The molecular weight excluding hydrogens is 388 g/mol. The van der Waals surface area contributed by atoms with Gasteiger partial charge in [0.2, 0.25) is 5.91 Å². The van der Waals surface area contributed by atoms with Crippen LogP contribution in [0.3, 0.4) is 0 Å². The molecule has 0 aliphatic carbocycles. The molecule has 7 nitrogen and oxygen atoms in total. The summed E-state index contributed by atoms with van der Waals surface area (Å²) in [5.74, 6) is -0.590. The number of aromatic nitrogens is 1. The van der Waals surface area contributed by atoms with Crippen molar-refractivity contribution in [3.63, 3.8) is 0 Å². The summed E-state index contributed by atoms with van der Waals surface area (Å²) in [7, 11) is 0. The van der Waals surface area contributed by atoms with Crippen LogP contribution in [0.1, 0.15) is 22.9 Å². The van der Waals surface area contributed by atoms with Crippen LogP contribution in [0.15, 0.2) is 60.0 Å². The topological polar surface area (TPSA) is 117 Å². The van der Waals surface area contributed by atoms with Crippen molar-refractivity contribution >= 4 is 34.0 Å². The molecule has 1 aromatic heterocycles. The first-order valence-electron chi connectivity index (χ1n) is 9.10. The first kappa shape index (κ1) is 20.5. The minimum Gasteiger partial charge on any atom is -0.378 e. The molecule has 3 rings (SSSR count). The third kappa shape index (κ3) is 6.13. The number of aliphatic hydroxyl groups excluding tert-OH is 1. The molecule has 0 aliphatic rings. The predicted molar refractivity (Wildman–Crippen MR) is 113 cm³/mol. The first-order valence-corrected chi connectivity index (χ1v) is 9.98. The zero-order valence-electron chi connectivity index (χ0n) is 15.7. The number of rotatable bonds is 8. The largest absolute Gasteiger partial charge is 0.378 e. The summed E-state index contributed by atoms with van der Waals surface area (Å²) < 4.78 is 0. The Bertz CT molecular complexity index is 958. The van der Waals surface area contributed by atoms with Crippen LogP contribution in [0.5, 0.6) is 0 Å². The van der Waals surface area contributed by atoms with E-state index in [1.54, 1.807) is 29.6 Å². The highest BCUT2D eigenvalue weighted by molar-refractivity contribution is 7.13. The first-order chi connectivity index (χ1) is 14.0. The lowest BCUT2D eigenvalue weighted by atomic mass is 10.1. The number of carbonyl (C=O) groups excluding carboxylic acids is 2. The summed E-state index contributed by atoms with van der Waals surface area (Å²) in [4.78, 5) is 28.2. The van der Waals surface area contributed by atoms with Crippen molar-refractivity contribution in [3.05, 3.63) is 76.8 Å². The van der Waals surface area contributed by atoms with Crippen LogP contribution in [0.4, 0.5) is 10.8 Å². The zero-order chi connectivity index (χ0) is 20.6. The Labute approximate surface area is 172 Å². The molecule has 2 amide bonds. The Morgan fingerprint density at radius 2 is 1.83 bits per heavy atom. The minimum atomic E-state index is -1.18. The minimum absolute atomic E-state index is 0.162. The standard InChI is InChI=1S/C21H22N4O3S/c22-21-25-17(13-29-21)12-18(26)24-16-8-6-14(7-9-16)10-11-23-20(28)19(27)15-4-2-1-3-5-15/h1-9,13,19,27H,10-12H2,(H2,22,25)(H,23,28)(H,24,26). The molecule has 0 radical (unpaired) electrons. The maximum atomic E-state index is 12.0. The third-order valence-electron chi connectivity index (χ3n) is 4.23. The van der Waals surface area contributed by atoms with Crippen molar-refractivity contribution in [2.75, 3.05) is 17.6 Å². The number of nitrogens with one attached hydrogen (secondary N) is 2. The summed E-state index contributed by atoms with van der Waals surface area (Å²) in [5, 5.41) is 17.8. The van der Waals surface area contributed by atoms with Gasteiger partial charge in [-0.2, -0.15) is 0 Å². The van der Waals surface area contributed by atoms with Gasteiger partial charge in [-0.25, -0.2) is 4.98 Å². The third-order valence-corrected chi connectivity index (χ3v) is 4.95. The molecule has 0 spiro atoms. The fourth-order valence-electron chi connectivity index (χ4n) is 2.74. The lowest BCUT2D eigenvalue weighted by Crippen LogP contribution is -2.30. The summed E-state index contributed by atoms with van der Waals surface area (Å²) in [6.45, 7) is 0.402. The van der Waals surface area contributed by atoms with Crippen LogP contribution in [0.2, 0.25) is 0 Å². The highest BCUT2D eigenvalue weighted by atomic mass is 32.1. The van der Waals surface area contributed by atoms with Gasteiger partial charge in [0.1, 0.15) is 0 Å². The number of carbonyl (C=O) groups is 2. The molecule has 1 heterocycles. The Morgan fingerprint density at radius 1 is 1.10 bits per heavy atom. The average Bonchev–Trinajstić information content (AvgIpc) is 3.13. The monoisotopic (exact) mass is 410 g/mol. The number of hydrogen-bond acceptors (Lipinski definition) is 6. The van der Waals surface area contributed by atoms with Gasteiger partial charge in [-0.3, -0.25) is 9.59 Å². The molecule has 1 unspecified atom stereocenters. The van der Waals surface area contributed by atoms with Crippen LogP contribution < -0.4 is 16.4 Å². The molecule has 5 N–H and O–H groups in total. The van der Waals surface area contributed by atoms with Crippen LogP contribution in [-0.2, 0) is 22.4 Å². The Morgan fingerprint density at radius 3 is 2.48 bits per heavy atom. The van der Waals surface area contributed by atoms with Gasteiger partial charge in [-0.05, 0) is 29.7 Å². The highest BCUT2D eigenvalue weighted by Gasteiger charge is 2.16. The van der Waals surface area contributed by atoms with Crippen molar-refractivity contribution < 1.29 is 14.7 Å². The molecule has 2 aromatic carbocycles. The normalized spacial score (nSPS) is 11.6. The average molecular weight is 410 g/mol. The number of hydrogen-bond donors (Lipinski definition) is 4. The Balaban J connectivity index is 1.43. The van der Waals surface area contributed by atoms with Gasteiger partial charge in [0.05, 0.1) is 12.1 Å². The molecule has 0 aliphatic heterocycles. The van der Waals surface area contributed by atoms with E-state index in [1.165, 1.54) is 11.3 Å². The van der Waals surface area contributed by atoms with E-state index < -0.39 is 12.0 Å². The van der Waals surface area contributed by atoms with Crippen molar-refractivity contribution in [1.29, 1.82) is 0 Å². The second-order valence-electron chi connectivity index (χ2n) is 6.45. The van der Waals surface area contributed by atoms with E-state index in [9.17, 15) is 14.7 Å². The number of nitrogens with two attached hydrogens (primary N) is 1. The molecule has 0 saturated carbocycles. The number of thiazole rings is 1. The molecule has 1 atom stereocenters. The van der Waals surface area contributed by atoms with E-state index in [-0.39, 0.29) is 12.3 Å². The molecule has 3 aromatic rings. The zero-order valence-corrected chi connectivity index (χ0v) is 16.5. The molecule has 8 heteroatoms. The van der Waals surface area contributed by atoms with E-state index in [0.29, 0.717) is 35.0 Å². The van der Waals surface area contributed by atoms with E-state index in [1.807, 2.05) is 30.3 Å². The van der Waals surface area contributed by atoms with E-state index in [2.05, 4.69) is 15.6 Å². The van der Waals surface area contributed by atoms with E-state index >= 15 is 0 Å². The number of nitrogen functional groups attached to an aromatic ring is 1. The number of amides is 2. The SMILES string of the molecule is Nc1nc(CC(=O)Nc2ccc(CCNC(=O)C(O)c3ccccc3)cc2)cs1. The molecule has 0 saturated heterocycles. The molecule has 29 heavy (non-hydrogen) atoms. The summed E-state index contributed by atoms with van der Waals surface area (Å²) in [5.41, 5.74) is 8.46. The van der Waals surface area contributed by atoms with Crippen molar-refractivity contribution in [2.45, 2.75) is 18.9 Å². The molecule has 150 valence electrons. The van der Waals surface area contributed by atoms with Gasteiger partial charge < -0.3 is 21.5 Å². The van der Waals surface area contributed by atoms with Gasteiger partial charge in [-0.15, -0.1) is 11.3 Å². The fraction of sp³-hybridized carbons (Fsp3) is 0.190. The number of benzene rings is 2. The van der Waals surface area contributed by atoms with Gasteiger partial charge in [0, 0.05) is 17.6 Å². The van der Waals surface area contributed by atoms with E-state index in [4.69, 9.17) is 5.73 Å². The fourth-order valence-corrected chi connectivity index (χ4v) is 3.30. The Hall–Kier alpha value is -3.23. The van der Waals surface area contributed by atoms with E-state index in [0.717, 1.165) is 5.56 Å². The second-order valence-corrected chi connectivity index (χ2v) is 7.34. The Kier molecular flexibility index (Phi) is 6.94. The number of nitrogens with zero attached hydrogens (tertiary/aromatic N) is 1. The van der Waals surface area contributed by atoms with Crippen LogP contribution in [-0.4, -0.2) is 28.4 Å². The summed E-state index contributed by atoms with van der Waals surface area (Å²) in [6, 6.07) is 16.2. The van der Waals surface area contributed by atoms with Gasteiger partial charge in [0.15, 0.2) is 11.2 Å². The quantitative estimate of drug-likeness (QED) is 0.455. The smallest absolute Gasteiger partial charge is 0.253 e. The lowest BCUT2D eigenvalue weighted by Gasteiger charge is -2.12. The number of anilines is 2. The maximum absolute atomic E-state index is 12.0. The highest BCUT2D eigenvalue weighted by Crippen LogP contribution is 2.14. The van der Waals surface area contributed by atoms with Gasteiger partial charge >= 0.3 is 0 Å². The van der Waals surface area contributed by atoms with Gasteiger partial charge in [0.25, 0.3) is 5.91 Å². The van der Waals surface area contributed by atoms with Crippen molar-refractivity contribution in [2.24, 2.45) is 0 Å².